The summed E-state index contributed by atoms with van der Waals surface area (Å²) in [5.74, 6) is 2.99. The number of thioether (sulfide) groups is 1. The highest BCUT2D eigenvalue weighted by Crippen LogP contribution is 2.35. The largest absolute Gasteiger partial charge is 0.310 e. The second-order valence-electron chi connectivity index (χ2n) is 4.77. The van der Waals surface area contributed by atoms with Crippen LogP contribution in [-0.2, 0) is 5.75 Å². The van der Waals surface area contributed by atoms with Gasteiger partial charge < -0.3 is 5.32 Å². The van der Waals surface area contributed by atoms with Gasteiger partial charge in [0.15, 0.2) is 0 Å². The van der Waals surface area contributed by atoms with Crippen molar-refractivity contribution in [2.45, 2.75) is 32.1 Å². The van der Waals surface area contributed by atoms with Crippen LogP contribution in [0, 0.1) is 5.92 Å². The van der Waals surface area contributed by atoms with Crippen molar-refractivity contribution in [3.8, 4) is 0 Å². The molecule has 1 aromatic carbocycles. The number of benzene rings is 1. The van der Waals surface area contributed by atoms with Crippen LogP contribution in [0.1, 0.15) is 37.4 Å². The third kappa shape index (κ3) is 3.18. The second-order valence-corrected chi connectivity index (χ2v) is 6.23. The van der Waals surface area contributed by atoms with Crippen LogP contribution in [-0.4, -0.2) is 12.3 Å². The molecule has 1 aliphatic heterocycles. The Labute approximate surface area is 113 Å². The van der Waals surface area contributed by atoms with Crippen molar-refractivity contribution >= 4 is 23.4 Å². The molecule has 2 unspecified atom stereocenters. The maximum atomic E-state index is 6.14. The molecular weight excluding hydrogens is 250 g/mol. The van der Waals surface area contributed by atoms with Gasteiger partial charge in [0.25, 0.3) is 0 Å². The lowest BCUT2D eigenvalue weighted by molar-refractivity contribution is 0.419. The lowest BCUT2D eigenvalue weighted by atomic mass is 9.92. The van der Waals surface area contributed by atoms with Crippen LogP contribution in [0.3, 0.4) is 0 Å². The van der Waals surface area contributed by atoms with Gasteiger partial charge in [0.05, 0.1) is 0 Å². The molecule has 1 aliphatic rings. The molecule has 0 fully saturated rings. The van der Waals surface area contributed by atoms with E-state index in [-0.39, 0.29) is 0 Å². The van der Waals surface area contributed by atoms with Crippen molar-refractivity contribution in [2.75, 3.05) is 12.3 Å². The number of rotatable bonds is 3. The van der Waals surface area contributed by atoms with Crippen LogP contribution in [0.15, 0.2) is 18.2 Å². The molecule has 1 nitrogen and oxygen atoms in total. The highest BCUT2D eigenvalue weighted by molar-refractivity contribution is 7.98. The molecule has 17 heavy (non-hydrogen) atoms. The van der Waals surface area contributed by atoms with E-state index < -0.39 is 0 Å². The smallest absolute Gasteiger partial charge is 0.0409 e. The number of hydrogen-bond donors (Lipinski definition) is 1. The van der Waals surface area contributed by atoms with Gasteiger partial charge in [-0.05, 0) is 47.9 Å². The average Bonchev–Trinajstić information content (AvgIpc) is 2.46. The van der Waals surface area contributed by atoms with Crippen molar-refractivity contribution in [3.05, 3.63) is 34.3 Å². The van der Waals surface area contributed by atoms with Gasteiger partial charge in [0, 0.05) is 16.8 Å². The molecule has 1 aromatic rings. The van der Waals surface area contributed by atoms with E-state index in [4.69, 9.17) is 11.6 Å². The minimum Gasteiger partial charge on any atom is -0.310 e. The summed E-state index contributed by atoms with van der Waals surface area (Å²) in [4.78, 5) is 0. The van der Waals surface area contributed by atoms with Gasteiger partial charge in [0.1, 0.15) is 0 Å². The number of fused-ring (bicyclic) bond motifs is 1. The molecule has 3 heteroatoms. The minimum absolute atomic E-state index is 0.457. The van der Waals surface area contributed by atoms with E-state index in [1.807, 2.05) is 17.8 Å². The first-order chi connectivity index (χ1) is 8.22. The fraction of sp³-hybridized carbons (Fsp3) is 0.571. The molecule has 2 rings (SSSR count). The Morgan fingerprint density at radius 3 is 3.06 bits per heavy atom. The lowest BCUT2D eigenvalue weighted by Crippen LogP contribution is -2.28. The summed E-state index contributed by atoms with van der Waals surface area (Å²) in [6, 6.07) is 6.79. The van der Waals surface area contributed by atoms with Gasteiger partial charge in [-0.2, -0.15) is 11.8 Å². The van der Waals surface area contributed by atoms with Crippen LogP contribution in [0.5, 0.6) is 0 Å². The molecule has 94 valence electrons. The third-order valence-electron chi connectivity index (χ3n) is 3.26. The molecule has 1 heterocycles. The average molecular weight is 270 g/mol. The van der Waals surface area contributed by atoms with E-state index in [0.717, 1.165) is 17.3 Å². The van der Waals surface area contributed by atoms with Gasteiger partial charge >= 0.3 is 0 Å². The summed E-state index contributed by atoms with van der Waals surface area (Å²) in [5, 5.41) is 4.53. The predicted molar refractivity (Wildman–Crippen MR) is 77.8 cm³/mol. The summed E-state index contributed by atoms with van der Waals surface area (Å²) < 4.78 is 0. The zero-order valence-corrected chi connectivity index (χ0v) is 12.1. The highest BCUT2D eigenvalue weighted by atomic mass is 35.5. The van der Waals surface area contributed by atoms with Gasteiger partial charge in [-0.15, -0.1) is 0 Å². The Balaban J connectivity index is 2.31. The zero-order valence-electron chi connectivity index (χ0n) is 10.5. The third-order valence-corrected chi connectivity index (χ3v) is 4.78. The summed E-state index contributed by atoms with van der Waals surface area (Å²) in [5.41, 5.74) is 2.85. The minimum atomic E-state index is 0.457. The van der Waals surface area contributed by atoms with Gasteiger partial charge in [0.2, 0.25) is 0 Å². The summed E-state index contributed by atoms with van der Waals surface area (Å²) in [7, 11) is 0. The SMILES string of the molecule is CCCNC1c2cc(Cl)ccc2CSCC1C. The maximum Gasteiger partial charge on any atom is 0.0409 e. The highest BCUT2D eigenvalue weighted by Gasteiger charge is 2.24. The first-order valence-corrected chi connectivity index (χ1v) is 7.85. The van der Waals surface area contributed by atoms with E-state index in [2.05, 4.69) is 31.3 Å². The Morgan fingerprint density at radius 2 is 2.29 bits per heavy atom. The quantitative estimate of drug-likeness (QED) is 0.880. The first-order valence-electron chi connectivity index (χ1n) is 6.31. The fourth-order valence-corrected chi connectivity index (χ4v) is 3.70. The van der Waals surface area contributed by atoms with Crippen LogP contribution >= 0.6 is 23.4 Å². The number of halogens is 1. The van der Waals surface area contributed by atoms with E-state index in [1.54, 1.807) is 0 Å². The van der Waals surface area contributed by atoms with Crippen molar-refractivity contribution in [3.63, 3.8) is 0 Å². The number of nitrogens with one attached hydrogen (secondary N) is 1. The van der Waals surface area contributed by atoms with Crippen molar-refractivity contribution in [1.29, 1.82) is 0 Å². The normalized spacial score (nSPS) is 24.2. The summed E-state index contributed by atoms with van der Waals surface area (Å²) in [6.07, 6.45) is 1.17. The molecule has 0 radical (unpaired) electrons. The Bertz CT molecular complexity index is 380. The zero-order chi connectivity index (χ0) is 12.3. The van der Waals surface area contributed by atoms with Crippen molar-refractivity contribution < 1.29 is 0 Å². The molecule has 0 spiro atoms. The molecule has 0 aliphatic carbocycles. The molecular formula is C14H20ClNS. The van der Waals surface area contributed by atoms with Gasteiger partial charge in [-0.1, -0.05) is 31.5 Å². The summed E-state index contributed by atoms with van der Waals surface area (Å²) >= 11 is 8.17. The maximum absolute atomic E-state index is 6.14. The second kappa shape index (κ2) is 6.12. The van der Waals surface area contributed by atoms with Crippen LogP contribution < -0.4 is 5.32 Å². The molecule has 0 amide bonds. The topological polar surface area (TPSA) is 12.0 Å². The lowest BCUT2D eigenvalue weighted by Gasteiger charge is -2.24. The molecule has 1 N–H and O–H groups in total. The predicted octanol–water partition coefficient (Wildman–Crippen LogP) is 4.26. The monoisotopic (exact) mass is 269 g/mol. The molecule has 0 bridgehead atoms. The van der Waals surface area contributed by atoms with Crippen molar-refractivity contribution in [2.24, 2.45) is 5.92 Å². The first kappa shape index (κ1) is 13.3. The van der Waals surface area contributed by atoms with Crippen LogP contribution in [0.2, 0.25) is 5.02 Å². The molecule has 0 aromatic heterocycles. The summed E-state index contributed by atoms with van der Waals surface area (Å²) in [6.45, 7) is 5.62. The Kier molecular flexibility index (Phi) is 4.78. The fourth-order valence-electron chi connectivity index (χ4n) is 2.36. The van der Waals surface area contributed by atoms with Crippen molar-refractivity contribution in [1.82, 2.24) is 5.32 Å². The van der Waals surface area contributed by atoms with Crippen LogP contribution in [0.4, 0.5) is 0 Å². The molecule has 2 atom stereocenters. The van der Waals surface area contributed by atoms with E-state index in [0.29, 0.717) is 12.0 Å². The Morgan fingerprint density at radius 1 is 1.47 bits per heavy atom. The van der Waals surface area contributed by atoms with Gasteiger partial charge in [-0.25, -0.2) is 0 Å². The van der Waals surface area contributed by atoms with E-state index in [1.165, 1.54) is 23.3 Å². The van der Waals surface area contributed by atoms with Crippen LogP contribution in [0.25, 0.3) is 0 Å². The molecule has 0 saturated heterocycles. The molecule has 0 saturated carbocycles. The number of hydrogen-bond acceptors (Lipinski definition) is 2. The standard InChI is InChI=1S/C14H20ClNS/c1-3-6-16-14-10(2)8-17-9-11-4-5-12(15)7-13(11)14/h4-5,7,10,14,16H,3,6,8-9H2,1-2H3. The van der Waals surface area contributed by atoms with Gasteiger partial charge in [-0.3, -0.25) is 0 Å². The van der Waals surface area contributed by atoms with E-state index in [9.17, 15) is 0 Å². The Hall–Kier alpha value is -0.180. The van der Waals surface area contributed by atoms with E-state index >= 15 is 0 Å².